The van der Waals surface area contributed by atoms with E-state index >= 15 is 0 Å². The number of anilines is 1. The van der Waals surface area contributed by atoms with E-state index in [0.29, 0.717) is 0 Å². The molecule has 1 aliphatic heterocycles. The van der Waals surface area contributed by atoms with Crippen molar-refractivity contribution >= 4 is 5.69 Å². The number of nitrogens with one attached hydrogen (secondary N) is 1. The van der Waals surface area contributed by atoms with E-state index in [2.05, 4.69) is 66.8 Å². The minimum atomic E-state index is 0.999. The Balaban J connectivity index is 2.02. The van der Waals surface area contributed by atoms with Crippen LogP contribution in [0.25, 0.3) is 11.1 Å². The normalized spacial score (nSPS) is 14.0. The molecule has 0 radical (unpaired) electrons. The summed E-state index contributed by atoms with van der Waals surface area (Å²) in [4.78, 5) is 2.13. The molecular weight excluding hydrogens is 232 g/mol. The van der Waals surface area contributed by atoms with Crippen molar-refractivity contribution in [3.05, 3.63) is 53.6 Å². The first-order valence-electron chi connectivity index (χ1n) is 6.85. The quantitative estimate of drug-likeness (QED) is 0.883. The third-order valence-corrected chi connectivity index (χ3v) is 3.83. The molecule has 2 heteroatoms. The van der Waals surface area contributed by atoms with E-state index in [1.165, 1.54) is 27.9 Å². The standard InChI is InChI=1S/C17H20N2/c1-19(2)15-8-6-13(7-9-15)16-5-3-4-14-12-18-11-10-17(14)16/h3-9,18H,10-12H2,1-2H3. The summed E-state index contributed by atoms with van der Waals surface area (Å²) in [5.74, 6) is 0. The second-order valence-corrected chi connectivity index (χ2v) is 5.31. The fourth-order valence-corrected chi connectivity index (χ4v) is 2.74. The van der Waals surface area contributed by atoms with Crippen LogP contribution in [0.4, 0.5) is 5.69 Å². The zero-order valence-corrected chi connectivity index (χ0v) is 11.6. The van der Waals surface area contributed by atoms with Gasteiger partial charge in [0.05, 0.1) is 0 Å². The number of hydrogen-bond donors (Lipinski definition) is 1. The molecule has 0 aliphatic carbocycles. The molecule has 0 spiro atoms. The molecule has 0 fully saturated rings. The molecule has 0 amide bonds. The number of fused-ring (bicyclic) bond motifs is 1. The Morgan fingerprint density at radius 1 is 1.00 bits per heavy atom. The van der Waals surface area contributed by atoms with E-state index in [4.69, 9.17) is 0 Å². The van der Waals surface area contributed by atoms with Crippen LogP contribution >= 0.6 is 0 Å². The number of rotatable bonds is 2. The van der Waals surface area contributed by atoms with Gasteiger partial charge in [-0.3, -0.25) is 0 Å². The summed E-state index contributed by atoms with van der Waals surface area (Å²) in [6.07, 6.45) is 1.13. The van der Waals surface area contributed by atoms with Gasteiger partial charge in [-0.05, 0) is 47.4 Å². The summed E-state index contributed by atoms with van der Waals surface area (Å²) in [7, 11) is 4.15. The molecule has 19 heavy (non-hydrogen) atoms. The fourth-order valence-electron chi connectivity index (χ4n) is 2.74. The van der Waals surface area contributed by atoms with Gasteiger partial charge in [-0.2, -0.15) is 0 Å². The van der Waals surface area contributed by atoms with Gasteiger partial charge in [0.1, 0.15) is 0 Å². The average Bonchev–Trinajstić information content (AvgIpc) is 2.47. The van der Waals surface area contributed by atoms with E-state index in [9.17, 15) is 0 Å². The zero-order valence-electron chi connectivity index (χ0n) is 11.6. The smallest absolute Gasteiger partial charge is 0.0361 e. The third-order valence-electron chi connectivity index (χ3n) is 3.83. The van der Waals surface area contributed by atoms with Crippen molar-refractivity contribution in [1.29, 1.82) is 0 Å². The highest BCUT2D eigenvalue weighted by atomic mass is 15.1. The summed E-state index contributed by atoms with van der Waals surface area (Å²) in [6.45, 7) is 2.08. The lowest BCUT2D eigenvalue weighted by Crippen LogP contribution is -2.24. The number of benzene rings is 2. The lowest BCUT2D eigenvalue weighted by Gasteiger charge is -2.21. The summed E-state index contributed by atoms with van der Waals surface area (Å²) in [5.41, 5.74) is 6.92. The molecule has 0 unspecified atom stereocenters. The molecule has 98 valence electrons. The highest BCUT2D eigenvalue weighted by molar-refractivity contribution is 5.71. The molecule has 0 bridgehead atoms. The van der Waals surface area contributed by atoms with Gasteiger partial charge in [-0.15, -0.1) is 0 Å². The van der Waals surface area contributed by atoms with Gasteiger partial charge in [0.2, 0.25) is 0 Å². The predicted molar refractivity (Wildman–Crippen MR) is 81.6 cm³/mol. The highest BCUT2D eigenvalue weighted by Gasteiger charge is 2.13. The molecule has 0 saturated carbocycles. The van der Waals surface area contributed by atoms with Gasteiger partial charge in [-0.1, -0.05) is 30.3 Å². The third kappa shape index (κ3) is 2.36. The van der Waals surface area contributed by atoms with Crippen molar-refractivity contribution in [2.24, 2.45) is 0 Å². The second-order valence-electron chi connectivity index (χ2n) is 5.31. The molecular formula is C17H20N2. The van der Waals surface area contributed by atoms with E-state index in [1.807, 2.05) is 0 Å². The Hall–Kier alpha value is -1.80. The first-order valence-corrected chi connectivity index (χ1v) is 6.85. The van der Waals surface area contributed by atoms with Gasteiger partial charge in [0, 0.05) is 26.3 Å². The number of nitrogens with zero attached hydrogens (tertiary/aromatic N) is 1. The van der Waals surface area contributed by atoms with Crippen molar-refractivity contribution in [2.75, 3.05) is 25.5 Å². The van der Waals surface area contributed by atoms with E-state index in [-0.39, 0.29) is 0 Å². The first kappa shape index (κ1) is 12.2. The van der Waals surface area contributed by atoms with Crippen molar-refractivity contribution < 1.29 is 0 Å². The molecule has 2 nitrogen and oxygen atoms in total. The predicted octanol–water partition coefficient (Wildman–Crippen LogP) is 3.07. The lowest BCUT2D eigenvalue weighted by molar-refractivity contribution is 0.645. The molecule has 3 rings (SSSR count). The van der Waals surface area contributed by atoms with Gasteiger partial charge in [0.25, 0.3) is 0 Å². The molecule has 0 atom stereocenters. The molecule has 1 heterocycles. The van der Waals surface area contributed by atoms with Gasteiger partial charge in [-0.25, -0.2) is 0 Å². The van der Waals surface area contributed by atoms with Crippen LogP contribution in [-0.4, -0.2) is 20.6 Å². The maximum absolute atomic E-state index is 3.44. The molecule has 0 aromatic heterocycles. The van der Waals surface area contributed by atoms with Crippen LogP contribution in [0.5, 0.6) is 0 Å². The largest absolute Gasteiger partial charge is 0.378 e. The van der Waals surface area contributed by atoms with Crippen molar-refractivity contribution in [3.8, 4) is 11.1 Å². The average molecular weight is 252 g/mol. The monoisotopic (exact) mass is 252 g/mol. The Bertz CT molecular complexity index is 570. The van der Waals surface area contributed by atoms with Gasteiger partial charge >= 0.3 is 0 Å². The van der Waals surface area contributed by atoms with Crippen molar-refractivity contribution in [2.45, 2.75) is 13.0 Å². The van der Waals surface area contributed by atoms with Crippen LogP contribution in [0.2, 0.25) is 0 Å². The summed E-state index contributed by atoms with van der Waals surface area (Å²) < 4.78 is 0. The summed E-state index contributed by atoms with van der Waals surface area (Å²) in [6, 6.07) is 15.5. The summed E-state index contributed by atoms with van der Waals surface area (Å²) >= 11 is 0. The van der Waals surface area contributed by atoms with Crippen molar-refractivity contribution in [3.63, 3.8) is 0 Å². The van der Waals surface area contributed by atoms with E-state index in [0.717, 1.165) is 19.5 Å². The van der Waals surface area contributed by atoms with Crippen LogP contribution in [0.3, 0.4) is 0 Å². The van der Waals surface area contributed by atoms with Crippen LogP contribution in [-0.2, 0) is 13.0 Å². The molecule has 1 N–H and O–H groups in total. The maximum Gasteiger partial charge on any atom is 0.0361 e. The van der Waals surface area contributed by atoms with Crippen molar-refractivity contribution in [1.82, 2.24) is 5.32 Å². The second kappa shape index (κ2) is 5.06. The fraction of sp³-hybridized carbons (Fsp3) is 0.294. The zero-order chi connectivity index (χ0) is 13.2. The lowest BCUT2D eigenvalue weighted by atomic mass is 9.91. The topological polar surface area (TPSA) is 15.3 Å². The van der Waals surface area contributed by atoms with Crippen LogP contribution in [0, 0.1) is 0 Å². The highest BCUT2D eigenvalue weighted by Crippen LogP contribution is 2.29. The molecule has 2 aromatic carbocycles. The molecule has 0 saturated heterocycles. The van der Waals surface area contributed by atoms with Gasteiger partial charge < -0.3 is 10.2 Å². The minimum Gasteiger partial charge on any atom is -0.378 e. The Morgan fingerprint density at radius 3 is 2.53 bits per heavy atom. The van der Waals surface area contributed by atoms with Crippen LogP contribution in [0.15, 0.2) is 42.5 Å². The maximum atomic E-state index is 3.44. The minimum absolute atomic E-state index is 0.999. The van der Waals surface area contributed by atoms with E-state index < -0.39 is 0 Å². The molecule has 1 aliphatic rings. The summed E-state index contributed by atoms with van der Waals surface area (Å²) in [5, 5.41) is 3.44. The SMILES string of the molecule is CN(C)c1ccc(-c2cccc3c2CCNC3)cc1. The van der Waals surface area contributed by atoms with E-state index in [1.54, 1.807) is 0 Å². The Labute approximate surface area is 115 Å². The van der Waals surface area contributed by atoms with Gasteiger partial charge in [0.15, 0.2) is 0 Å². The Kier molecular flexibility index (Phi) is 3.26. The molecule has 2 aromatic rings. The Morgan fingerprint density at radius 2 is 1.79 bits per heavy atom. The first-order chi connectivity index (χ1) is 9.25. The number of hydrogen-bond acceptors (Lipinski definition) is 2. The van der Waals surface area contributed by atoms with Crippen LogP contribution in [0.1, 0.15) is 11.1 Å². The van der Waals surface area contributed by atoms with Crippen LogP contribution < -0.4 is 10.2 Å².